The van der Waals surface area contributed by atoms with Gasteiger partial charge in [-0.05, 0) is 68.7 Å². The van der Waals surface area contributed by atoms with Gasteiger partial charge in [0, 0.05) is 34.9 Å². The Morgan fingerprint density at radius 2 is 1.76 bits per heavy atom. The number of hydrogen-bond acceptors (Lipinski definition) is 5. The first-order chi connectivity index (χ1) is 16.1. The number of aromatic nitrogens is 1. The lowest BCUT2D eigenvalue weighted by Crippen LogP contribution is -2.42. The predicted octanol–water partition coefficient (Wildman–Crippen LogP) is 5.54. The van der Waals surface area contributed by atoms with E-state index in [1.54, 1.807) is 24.4 Å². The first-order valence-corrected chi connectivity index (χ1v) is 11.7. The molecule has 0 bridgehead atoms. The number of benzene rings is 2. The van der Waals surface area contributed by atoms with Crippen LogP contribution in [0.1, 0.15) is 38.1 Å². The lowest BCUT2D eigenvalue weighted by molar-refractivity contribution is 0.187. The number of hydrogen-bond donors (Lipinski definition) is 2. The van der Waals surface area contributed by atoms with E-state index in [0.717, 1.165) is 17.2 Å². The van der Waals surface area contributed by atoms with E-state index in [2.05, 4.69) is 19.8 Å². The normalized spacial score (nSPS) is 13.3. The third kappa shape index (κ3) is 6.75. The average molecular weight is 488 g/mol. The summed E-state index contributed by atoms with van der Waals surface area (Å²) < 4.78 is 47.8. The number of methoxy groups -OCH3 is 1. The number of nitrogens with zero attached hydrogens (tertiary/aromatic N) is 1. The number of carbonyl (C=O) groups is 1. The predicted molar refractivity (Wildman–Crippen MR) is 130 cm³/mol. The van der Waals surface area contributed by atoms with Gasteiger partial charge in [0.1, 0.15) is 16.4 Å². The van der Waals surface area contributed by atoms with Gasteiger partial charge in [0.2, 0.25) is 0 Å². The van der Waals surface area contributed by atoms with Crippen LogP contribution in [0.4, 0.5) is 19.3 Å². The van der Waals surface area contributed by atoms with Crippen molar-refractivity contribution in [1.82, 2.24) is 9.71 Å². The first kappa shape index (κ1) is 25.6. The minimum atomic E-state index is -1.47. The Kier molecular flexibility index (Phi) is 8.24. The zero-order valence-corrected chi connectivity index (χ0v) is 20.2. The second-order valence-electron chi connectivity index (χ2n) is 8.66. The van der Waals surface area contributed by atoms with Crippen LogP contribution in [0.3, 0.4) is 0 Å². The lowest BCUT2D eigenvalue weighted by Gasteiger charge is -2.28. The molecule has 0 aliphatic carbocycles. The number of ether oxygens (including phenoxy) is 1. The minimum Gasteiger partial charge on any atom is -0.598 e. The first-order valence-electron chi connectivity index (χ1n) is 10.6. The highest BCUT2D eigenvalue weighted by Crippen LogP contribution is 2.31. The van der Waals surface area contributed by atoms with Gasteiger partial charge in [-0.2, -0.15) is 0 Å². The molecule has 3 aromatic rings. The van der Waals surface area contributed by atoms with Crippen molar-refractivity contribution in [3.05, 3.63) is 83.7 Å². The van der Waals surface area contributed by atoms with Crippen LogP contribution in [0.25, 0.3) is 11.1 Å². The molecule has 0 aliphatic heterocycles. The molecule has 1 amide bonds. The highest BCUT2D eigenvalue weighted by Gasteiger charge is 2.31. The van der Waals surface area contributed by atoms with Gasteiger partial charge in [-0.25, -0.2) is 13.6 Å². The molecule has 1 aromatic heterocycles. The Labute approximate surface area is 201 Å². The SMILES string of the molecule is COC(=O)Nc1ccc(-c2cccnc2[C@H](Cc2cc(F)cc(F)c2)N[S+]([O-])C(C)(C)C)cc1. The standard InChI is InChI=1S/C25H27F2N3O3S/c1-25(2,3)34(32)30-22(14-16-12-18(26)15-19(27)13-16)23-21(6-5-11-28-23)17-7-9-20(10-8-17)29-24(31)33-4/h5-13,15,22,30H,14H2,1-4H3,(H,29,31)/t22-,34?/m0/s1. The smallest absolute Gasteiger partial charge is 0.411 e. The van der Waals surface area contributed by atoms with E-state index in [1.807, 2.05) is 39.0 Å². The van der Waals surface area contributed by atoms with Crippen LogP contribution >= 0.6 is 0 Å². The van der Waals surface area contributed by atoms with E-state index in [-0.39, 0.29) is 6.42 Å². The lowest BCUT2D eigenvalue weighted by atomic mass is 9.96. The summed E-state index contributed by atoms with van der Waals surface area (Å²) in [6, 6.07) is 13.4. The molecule has 180 valence electrons. The summed E-state index contributed by atoms with van der Waals surface area (Å²) >= 11 is -1.47. The van der Waals surface area contributed by atoms with Gasteiger partial charge >= 0.3 is 6.09 Å². The molecule has 0 spiro atoms. The summed E-state index contributed by atoms with van der Waals surface area (Å²) in [4.78, 5) is 16.0. The third-order valence-electron chi connectivity index (χ3n) is 4.96. The van der Waals surface area contributed by atoms with Crippen molar-refractivity contribution in [3.8, 4) is 11.1 Å². The molecule has 0 saturated carbocycles. The van der Waals surface area contributed by atoms with E-state index in [0.29, 0.717) is 16.9 Å². The van der Waals surface area contributed by atoms with Crippen molar-refractivity contribution >= 4 is 23.1 Å². The fraction of sp³-hybridized carbons (Fsp3) is 0.280. The topological polar surface area (TPSA) is 86.3 Å². The maximum atomic E-state index is 13.9. The molecule has 0 aliphatic rings. The summed E-state index contributed by atoms with van der Waals surface area (Å²) in [5.41, 5.74) is 3.11. The molecule has 1 unspecified atom stereocenters. The van der Waals surface area contributed by atoms with Gasteiger partial charge in [0.05, 0.1) is 18.8 Å². The number of amides is 1. The maximum Gasteiger partial charge on any atom is 0.411 e. The summed E-state index contributed by atoms with van der Waals surface area (Å²) in [7, 11) is 1.28. The van der Waals surface area contributed by atoms with Crippen molar-refractivity contribution in [3.63, 3.8) is 0 Å². The summed E-state index contributed by atoms with van der Waals surface area (Å²) in [6.07, 6.45) is 1.21. The van der Waals surface area contributed by atoms with E-state index in [4.69, 9.17) is 0 Å². The van der Waals surface area contributed by atoms with Gasteiger partial charge in [-0.1, -0.05) is 18.2 Å². The molecular weight excluding hydrogens is 460 g/mol. The molecular formula is C25H27F2N3O3S. The van der Waals surface area contributed by atoms with Crippen LogP contribution in [0.2, 0.25) is 0 Å². The van der Waals surface area contributed by atoms with Crippen LogP contribution in [0.15, 0.2) is 60.8 Å². The van der Waals surface area contributed by atoms with Gasteiger partial charge in [-0.15, -0.1) is 4.72 Å². The van der Waals surface area contributed by atoms with Gasteiger partial charge in [0.25, 0.3) is 0 Å². The van der Waals surface area contributed by atoms with E-state index >= 15 is 0 Å². The molecule has 0 radical (unpaired) electrons. The molecule has 0 saturated heterocycles. The monoisotopic (exact) mass is 487 g/mol. The largest absolute Gasteiger partial charge is 0.598 e. The molecule has 34 heavy (non-hydrogen) atoms. The quantitative estimate of drug-likeness (QED) is 0.427. The Hall–Kier alpha value is -3.01. The van der Waals surface area contributed by atoms with Crippen LogP contribution in [-0.4, -0.2) is 27.5 Å². The third-order valence-corrected chi connectivity index (χ3v) is 6.57. The zero-order chi connectivity index (χ0) is 24.9. The molecule has 0 fully saturated rings. The second kappa shape index (κ2) is 10.9. The molecule has 2 atom stereocenters. The number of anilines is 1. The zero-order valence-electron chi connectivity index (χ0n) is 19.4. The highest BCUT2D eigenvalue weighted by atomic mass is 32.2. The number of pyridine rings is 1. The van der Waals surface area contributed by atoms with Crippen LogP contribution in [0.5, 0.6) is 0 Å². The fourth-order valence-electron chi connectivity index (χ4n) is 3.31. The summed E-state index contributed by atoms with van der Waals surface area (Å²) in [5, 5.41) is 2.59. The van der Waals surface area contributed by atoms with E-state index in [1.165, 1.54) is 19.2 Å². The van der Waals surface area contributed by atoms with Crippen molar-refractivity contribution in [2.75, 3.05) is 12.4 Å². The number of carbonyl (C=O) groups excluding carboxylic acids is 1. The Bertz CT molecular complexity index is 1120. The molecule has 1 heterocycles. The van der Waals surface area contributed by atoms with Gasteiger partial charge in [-0.3, -0.25) is 10.3 Å². The highest BCUT2D eigenvalue weighted by molar-refractivity contribution is 7.90. The Balaban J connectivity index is 2.00. The van der Waals surface area contributed by atoms with Crippen LogP contribution in [0, 0.1) is 11.6 Å². The summed E-state index contributed by atoms with van der Waals surface area (Å²) in [6.45, 7) is 5.50. The number of halogens is 2. The Morgan fingerprint density at radius 1 is 1.12 bits per heavy atom. The number of nitrogens with one attached hydrogen (secondary N) is 2. The Morgan fingerprint density at radius 3 is 2.35 bits per heavy atom. The summed E-state index contributed by atoms with van der Waals surface area (Å²) in [5.74, 6) is -1.36. The van der Waals surface area contributed by atoms with Crippen molar-refractivity contribution in [1.29, 1.82) is 0 Å². The van der Waals surface area contributed by atoms with Crippen molar-refractivity contribution < 1.29 is 22.9 Å². The van der Waals surface area contributed by atoms with Gasteiger partial charge in [0.15, 0.2) is 0 Å². The second-order valence-corrected chi connectivity index (χ2v) is 10.7. The van der Waals surface area contributed by atoms with Crippen LogP contribution in [-0.2, 0) is 22.5 Å². The van der Waals surface area contributed by atoms with E-state index < -0.39 is 39.9 Å². The van der Waals surface area contributed by atoms with E-state index in [9.17, 15) is 18.1 Å². The van der Waals surface area contributed by atoms with Crippen LogP contribution < -0.4 is 10.0 Å². The molecule has 2 aromatic carbocycles. The molecule has 2 N–H and O–H groups in total. The number of rotatable bonds is 7. The van der Waals surface area contributed by atoms with Crippen molar-refractivity contribution in [2.45, 2.75) is 38.0 Å². The minimum absolute atomic E-state index is 0.169. The van der Waals surface area contributed by atoms with Gasteiger partial charge < -0.3 is 9.29 Å². The molecule has 9 heteroatoms. The molecule has 3 rings (SSSR count). The maximum absolute atomic E-state index is 13.9. The van der Waals surface area contributed by atoms with Crippen molar-refractivity contribution in [2.24, 2.45) is 0 Å². The molecule has 6 nitrogen and oxygen atoms in total. The fourth-order valence-corrected chi connectivity index (χ4v) is 4.11. The average Bonchev–Trinajstić information content (AvgIpc) is 2.77.